The van der Waals surface area contributed by atoms with Crippen LogP contribution in [0.2, 0.25) is 4.47 Å². The fourth-order valence-corrected chi connectivity index (χ4v) is 4.19. The molecule has 8 heteroatoms. The summed E-state index contributed by atoms with van der Waals surface area (Å²) in [6, 6.07) is 13.9. The molecule has 0 radical (unpaired) electrons. The third kappa shape index (κ3) is 4.72. The Kier molecular flexibility index (Phi) is 5.27. The fourth-order valence-electron chi connectivity index (χ4n) is 2.16. The lowest BCUT2D eigenvalue weighted by Crippen LogP contribution is -2.13. The zero-order valence-corrected chi connectivity index (χ0v) is 15.8. The van der Waals surface area contributed by atoms with Crippen LogP contribution < -0.4 is 10.0 Å². The minimum atomic E-state index is -3.65. The van der Waals surface area contributed by atoms with Crippen molar-refractivity contribution in [1.82, 2.24) is 4.98 Å². The van der Waals surface area contributed by atoms with Gasteiger partial charge in [-0.15, -0.1) is 11.3 Å². The van der Waals surface area contributed by atoms with E-state index in [9.17, 15) is 8.42 Å². The van der Waals surface area contributed by atoms with E-state index >= 15 is 0 Å². The highest BCUT2D eigenvalue weighted by atomic mass is 35.5. The Morgan fingerprint density at radius 2 is 1.88 bits per heavy atom. The number of benzene rings is 2. The van der Waals surface area contributed by atoms with E-state index in [0.29, 0.717) is 22.4 Å². The summed E-state index contributed by atoms with van der Waals surface area (Å²) in [6.45, 7) is 2.48. The van der Waals surface area contributed by atoms with E-state index < -0.39 is 10.0 Å². The predicted molar refractivity (Wildman–Crippen MR) is 103 cm³/mol. The van der Waals surface area contributed by atoms with E-state index in [2.05, 4.69) is 15.0 Å². The first kappa shape index (κ1) is 17.7. The molecule has 0 aliphatic rings. The number of nitrogens with zero attached hydrogens (tertiary/aromatic N) is 1. The van der Waals surface area contributed by atoms with E-state index in [1.807, 2.05) is 25.1 Å². The molecule has 2 aromatic carbocycles. The largest absolute Gasteiger partial charge is 0.380 e. The second kappa shape index (κ2) is 7.43. The van der Waals surface area contributed by atoms with Crippen LogP contribution in [0.5, 0.6) is 0 Å². The van der Waals surface area contributed by atoms with Crippen LogP contribution in [-0.4, -0.2) is 13.4 Å². The number of hydrogen-bond donors (Lipinski definition) is 2. The standard InChI is InChI=1S/C17H16ClN3O2S2/c1-12-5-7-13(8-6-12)21-25(22,23)16-4-2-3-14(9-16)19-10-15-11-20-17(18)24-15/h2-9,11,19,21H,10H2,1H3. The van der Waals surface area contributed by atoms with Gasteiger partial charge in [-0.05, 0) is 37.3 Å². The van der Waals surface area contributed by atoms with Gasteiger partial charge in [0.2, 0.25) is 0 Å². The van der Waals surface area contributed by atoms with Gasteiger partial charge < -0.3 is 5.32 Å². The molecule has 130 valence electrons. The first-order valence-electron chi connectivity index (χ1n) is 7.46. The molecule has 0 saturated heterocycles. The van der Waals surface area contributed by atoms with Crippen LogP contribution in [-0.2, 0) is 16.6 Å². The molecule has 0 unspecified atom stereocenters. The van der Waals surface area contributed by atoms with Gasteiger partial charge in [0.25, 0.3) is 10.0 Å². The monoisotopic (exact) mass is 393 g/mol. The van der Waals surface area contributed by atoms with Gasteiger partial charge in [-0.25, -0.2) is 13.4 Å². The molecule has 1 heterocycles. The molecule has 5 nitrogen and oxygen atoms in total. The minimum Gasteiger partial charge on any atom is -0.380 e. The van der Waals surface area contributed by atoms with Crippen LogP contribution in [0.3, 0.4) is 0 Å². The molecule has 2 N–H and O–H groups in total. The molecule has 0 bridgehead atoms. The third-order valence-electron chi connectivity index (χ3n) is 3.44. The van der Waals surface area contributed by atoms with Gasteiger partial charge in [0.1, 0.15) is 0 Å². The molecular formula is C17H16ClN3O2S2. The summed E-state index contributed by atoms with van der Waals surface area (Å²) in [5.41, 5.74) is 2.30. The zero-order valence-electron chi connectivity index (χ0n) is 13.4. The summed E-state index contributed by atoms with van der Waals surface area (Å²) >= 11 is 7.19. The Bertz CT molecular complexity index is 970. The Balaban J connectivity index is 1.74. The quantitative estimate of drug-likeness (QED) is 0.646. The van der Waals surface area contributed by atoms with Crippen molar-refractivity contribution in [3.8, 4) is 0 Å². The highest BCUT2D eigenvalue weighted by Gasteiger charge is 2.14. The van der Waals surface area contributed by atoms with Crippen LogP contribution in [0.1, 0.15) is 10.4 Å². The number of nitrogens with one attached hydrogen (secondary N) is 2. The molecule has 25 heavy (non-hydrogen) atoms. The number of anilines is 2. The summed E-state index contributed by atoms with van der Waals surface area (Å²) in [6.07, 6.45) is 1.69. The maximum absolute atomic E-state index is 12.6. The number of thiazole rings is 1. The van der Waals surface area contributed by atoms with Gasteiger partial charge in [0.05, 0.1) is 11.4 Å². The molecular weight excluding hydrogens is 378 g/mol. The number of rotatable bonds is 6. The molecule has 0 aliphatic carbocycles. The van der Waals surface area contributed by atoms with E-state index in [0.717, 1.165) is 10.4 Å². The smallest absolute Gasteiger partial charge is 0.261 e. The predicted octanol–water partition coefficient (Wildman–Crippen LogP) is 4.52. The summed E-state index contributed by atoms with van der Waals surface area (Å²) in [5, 5.41) is 3.18. The molecule has 0 fully saturated rings. The van der Waals surface area contributed by atoms with Crippen molar-refractivity contribution in [2.24, 2.45) is 0 Å². The van der Waals surface area contributed by atoms with E-state index in [4.69, 9.17) is 11.6 Å². The topological polar surface area (TPSA) is 71.1 Å². The second-order valence-corrected chi connectivity index (χ2v) is 8.81. The van der Waals surface area contributed by atoms with Crippen molar-refractivity contribution in [2.75, 3.05) is 10.0 Å². The Morgan fingerprint density at radius 1 is 1.12 bits per heavy atom. The number of aromatic nitrogens is 1. The SMILES string of the molecule is Cc1ccc(NS(=O)(=O)c2cccc(NCc3cnc(Cl)s3)c2)cc1. The van der Waals surface area contributed by atoms with Crippen LogP contribution in [0.25, 0.3) is 0 Å². The van der Waals surface area contributed by atoms with Crippen molar-refractivity contribution < 1.29 is 8.42 Å². The molecule has 3 aromatic rings. The highest BCUT2D eigenvalue weighted by molar-refractivity contribution is 7.92. The molecule has 0 spiro atoms. The van der Waals surface area contributed by atoms with Crippen LogP contribution in [0, 0.1) is 6.92 Å². The lowest BCUT2D eigenvalue weighted by Gasteiger charge is -2.10. The van der Waals surface area contributed by atoms with Crippen molar-refractivity contribution in [1.29, 1.82) is 0 Å². The summed E-state index contributed by atoms with van der Waals surface area (Å²) in [4.78, 5) is 5.14. The number of aryl methyl sites for hydroxylation is 1. The van der Waals surface area contributed by atoms with Gasteiger partial charge in [0.15, 0.2) is 4.47 Å². The average molecular weight is 394 g/mol. The van der Waals surface area contributed by atoms with Crippen LogP contribution >= 0.6 is 22.9 Å². The van der Waals surface area contributed by atoms with Crippen molar-refractivity contribution >= 4 is 44.3 Å². The second-order valence-electron chi connectivity index (χ2n) is 5.43. The number of halogens is 1. The minimum absolute atomic E-state index is 0.195. The maximum Gasteiger partial charge on any atom is 0.261 e. The van der Waals surface area contributed by atoms with Gasteiger partial charge in [-0.1, -0.05) is 35.4 Å². The fraction of sp³-hybridized carbons (Fsp3) is 0.118. The molecule has 0 saturated carbocycles. The zero-order chi connectivity index (χ0) is 17.9. The van der Waals surface area contributed by atoms with Crippen LogP contribution in [0.4, 0.5) is 11.4 Å². The van der Waals surface area contributed by atoms with Gasteiger partial charge in [-0.3, -0.25) is 4.72 Å². The van der Waals surface area contributed by atoms with E-state index in [-0.39, 0.29) is 4.90 Å². The van der Waals surface area contributed by atoms with Crippen LogP contribution in [0.15, 0.2) is 59.6 Å². The average Bonchev–Trinajstić information content (AvgIpc) is 3.01. The Hall–Kier alpha value is -2.09. The Morgan fingerprint density at radius 3 is 2.56 bits per heavy atom. The lowest BCUT2D eigenvalue weighted by atomic mass is 10.2. The summed E-state index contributed by atoms with van der Waals surface area (Å²) < 4.78 is 28.2. The molecule has 1 aromatic heterocycles. The lowest BCUT2D eigenvalue weighted by molar-refractivity contribution is 0.601. The third-order valence-corrected chi connectivity index (χ3v) is 5.93. The molecule has 3 rings (SSSR count). The Labute approximate surface area is 155 Å². The first-order chi connectivity index (χ1) is 11.9. The van der Waals surface area contributed by atoms with Crippen molar-refractivity contribution in [3.05, 3.63) is 69.6 Å². The molecule has 0 amide bonds. The van der Waals surface area contributed by atoms with Crippen molar-refractivity contribution in [3.63, 3.8) is 0 Å². The number of sulfonamides is 1. The van der Waals surface area contributed by atoms with Gasteiger partial charge >= 0.3 is 0 Å². The molecule has 0 atom stereocenters. The normalized spacial score (nSPS) is 11.3. The van der Waals surface area contributed by atoms with Gasteiger partial charge in [0, 0.05) is 22.4 Å². The van der Waals surface area contributed by atoms with Gasteiger partial charge in [-0.2, -0.15) is 0 Å². The van der Waals surface area contributed by atoms with E-state index in [1.54, 1.807) is 36.5 Å². The first-order valence-corrected chi connectivity index (χ1v) is 10.1. The number of hydrogen-bond acceptors (Lipinski definition) is 5. The maximum atomic E-state index is 12.6. The van der Waals surface area contributed by atoms with Crippen molar-refractivity contribution in [2.45, 2.75) is 18.4 Å². The summed E-state index contributed by atoms with van der Waals surface area (Å²) in [7, 11) is -3.65. The van der Waals surface area contributed by atoms with E-state index in [1.165, 1.54) is 11.3 Å². The molecule has 0 aliphatic heterocycles. The summed E-state index contributed by atoms with van der Waals surface area (Å²) in [5.74, 6) is 0. The highest BCUT2D eigenvalue weighted by Crippen LogP contribution is 2.22.